The van der Waals surface area contributed by atoms with E-state index >= 15 is 0 Å². The maximum Gasteiger partial charge on any atom is 0.194 e. The highest BCUT2D eigenvalue weighted by molar-refractivity contribution is 5.99. The van der Waals surface area contributed by atoms with Crippen molar-refractivity contribution in [1.82, 2.24) is 0 Å². The van der Waals surface area contributed by atoms with Gasteiger partial charge in [-0.25, -0.2) is 0 Å². The molecule has 0 N–H and O–H groups in total. The summed E-state index contributed by atoms with van der Waals surface area (Å²) in [5.41, 5.74) is 0. The number of methoxy groups -OCH3 is 1. The molecule has 0 heterocycles. The van der Waals surface area contributed by atoms with Crippen LogP contribution in [0.2, 0.25) is 0 Å². The molecule has 0 amide bonds. The number of hydrogen-bond donors (Lipinski definition) is 0. The lowest BCUT2D eigenvalue weighted by Crippen LogP contribution is -2.01. The minimum atomic E-state index is -0.238. The van der Waals surface area contributed by atoms with Crippen molar-refractivity contribution in [2.75, 3.05) is 7.11 Å². The summed E-state index contributed by atoms with van der Waals surface area (Å²) >= 11 is 0. The summed E-state index contributed by atoms with van der Waals surface area (Å²) in [5.74, 6) is -0.322. The van der Waals surface area contributed by atoms with Gasteiger partial charge < -0.3 is 4.74 Å². The summed E-state index contributed by atoms with van der Waals surface area (Å²) < 4.78 is 4.61. The van der Waals surface area contributed by atoms with Crippen molar-refractivity contribution in [2.45, 2.75) is 13.8 Å². The Balaban J connectivity index is 4.34. The number of ether oxygens (including phenoxy) is 1. The molecule has 3 heteroatoms. The number of allylic oxidation sites excluding steroid dienone is 2. The predicted octanol–water partition coefficient (Wildman–Crippen LogP) is 0.695. The first kappa shape index (κ1) is 8.88. The van der Waals surface area contributed by atoms with E-state index < -0.39 is 0 Å². The summed E-state index contributed by atoms with van der Waals surface area (Å²) in [6, 6.07) is 0. The van der Waals surface area contributed by atoms with E-state index in [-0.39, 0.29) is 17.3 Å². The Bertz CT molecular complexity index is 179. The molecule has 10 heavy (non-hydrogen) atoms. The van der Waals surface area contributed by atoms with Gasteiger partial charge >= 0.3 is 0 Å². The number of Topliss-reactive ketones (excluding diaryl/α,β-unsaturated/α-hetero) is 1. The molecule has 0 atom stereocenters. The highest BCUT2D eigenvalue weighted by Gasteiger charge is 2.02. The van der Waals surface area contributed by atoms with Crippen LogP contribution in [0.5, 0.6) is 0 Å². The molecule has 56 valence electrons. The molecule has 0 radical (unpaired) electrons. The Kier molecular flexibility index (Phi) is 3.39. The van der Waals surface area contributed by atoms with E-state index in [0.29, 0.717) is 0 Å². The van der Waals surface area contributed by atoms with Crippen molar-refractivity contribution in [3.63, 3.8) is 0 Å². The van der Waals surface area contributed by atoms with Gasteiger partial charge in [0.05, 0.1) is 7.11 Å². The lowest BCUT2D eigenvalue weighted by Gasteiger charge is -1.97. The fourth-order valence-corrected chi connectivity index (χ4v) is 0.489. The fourth-order valence-electron chi connectivity index (χ4n) is 0.489. The molecule has 0 spiro atoms. The molecule has 0 aromatic carbocycles. The lowest BCUT2D eigenvalue weighted by atomic mass is 10.3. The van der Waals surface area contributed by atoms with Crippen molar-refractivity contribution in [3.8, 4) is 0 Å². The molecule has 0 aromatic rings. The van der Waals surface area contributed by atoms with Crippen LogP contribution in [-0.2, 0) is 14.3 Å². The van der Waals surface area contributed by atoms with E-state index in [2.05, 4.69) is 4.74 Å². The zero-order valence-corrected chi connectivity index (χ0v) is 6.30. The third kappa shape index (κ3) is 3.02. The zero-order chi connectivity index (χ0) is 8.15. The highest BCUT2D eigenvalue weighted by Crippen LogP contribution is 1.95. The summed E-state index contributed by atoms with van der Waals surface area (Å²) in [6.07, 6.45) is 1.17. The summed E-state index contributed by atoms with van der Waals surface area (Å²) in [5, 5.41) is 0. The van der Waals surface area contributed by atoms with Crippen LogP contribution >= 0.6 is 0 Å². The Morgan fingerprint density at radius 2 is 1.80 bits per heavy atom. The molecule has 0 unspecified atom stereocenters. The molecular formula is C7H10O3. The van der Waals surface area contributed by atoms with Gasteiger partial charge in [0.25, 0.3) is 0 Å². The standard InChI is InChI=1S/C7H10O3/c1-5(8)4-7(10-3)6(2)9/h4H,1-3H3. The normalized spacial score (nSPS) is 10.9. The monoisotopic (exact) mass is 142 g/mol. The van der Waals surface area contributed by atoms with E-state index in [9.17, 15) is 9.59 Å². The third-order valence-electron chi connectivity index (χ3n) is 0.901. The Labute approximate surface area is 59.7 Å². The van der Waals surface area contributed by atoms with Crippen LogP contribution in [0.4, 0.5) is 0 Å². The van der Waals surface area contributed by atoms with E-state index in [1.807, 2.05) is 0 Å². The second kappa shape index (κ2) is 3.82. The first-order valence-electron chi connectivity index (χ1n) is 2.85. The van der Waals surface area contributed by atoms with E-state index in [0.717, 1.165) is 0 Å². The number of rotatable bonds is 3. The molecular weight excluding hydrogens is 132 g/mol. The number of hydrogen-bond acceptors (Lipinski definition) is 3. The Morgan fingerprint density at radius 3 is 1.90 bits per heavy atom. The van der Waals surface area contributed by atoms with Gasteiger partial charge in [0.2, 0.25) is 0 Å². The van der Waals surface area contributed by atoms with Gasteiger partial charge in [0, 0.05) is 13.0 Å². The molecule has 0 rings (SSSR count). The van der Waals surface area contributed by atoms with Gasteiger partial charge in [-0.15, -0.1) is 0 Å². The van der Waals surface area contributed by atoms with E-state index in [4.69, 9.17) is 0 Å². The van der Waals surface area contributed by atoms with E-state index in [1.54, 1.807) is 0 Å². The molecule has 0 bridgehead atoms. The van der Waals surface area contributed by atoms with Gasteiger partial charge in [0.15, 0.2) is 17.3 Å². The molecule has 0 fully saturated rings. The van der Waals surface area contributed by atoms with Crippen LogP contribution in [-0.4, -0.2) is 18.7 Å². The van der Waals surface area contributed by atoms with Crippen LogP contribution in [0.15, 0.2) is 11.8 Å². The van der Waals surface area contributed by atoms with Crippen molar-refractivity contribution in [3.05, 3.63) is 11.8 Å². The first-order chi connectivity index (χ1) is 4.57. The fraction of sp³-hybridized carbons (Fsp3) is 0.429. The van der Waals surface area contributed by atoms with Gasteiger partial charge in [-0.3, -0.25) is 9.59 Å². The van der Waals surface area contributed by atoms with E-state index in [1.165, 1.54) is 27.0 Å². The molecule has 3 nitrogen and oxygen atoms in total. The first-order valence-corrected chi connectivity index (χ1v) is 2.85. The number of ketones is 2. The maximum absolute atomic E-state index is 10.6. The van der Waals surface area contributed by atoms with Crippen molar-refractivity contribution in [1.29, 1.82) is 0 Å². The van der Waals surface area contributed by atoms with Gasteiger partial charge in [0.1, 0.15) is 0 Å². The molecule has 0 aliphatic rings. The lowest BCUT2D eigenvalue weighted by molar-refractivity contribution is -0.118. The number of carbonyl (C=O) groups is 2. The minimum absolute atomic E-state index is 0.104. The average Bonchev–Trinajstić information content (AvgIpc) is 1.81. The predicted molar refractivity (Wildman–Crippen MR) is 36.5 cm³/mol. The Hall–Kier alpha value is -1.12. The van der Waals surface area contributed by atoms with Crippen molar-refractivity contribution in [2.24, 2.45) is 0 Å². The second-order valence-corrected chi connectivity index (χ2v) is 1.88. The Morgan fingerprint density at radius 1 is 1.30 bits per heavy atom. The highest BCUT2D eigenvalue weighted by atomic mass is 16.5. The SMILES string of the molecule is COC(=CC(C)=O)C(C)=O. The summed E-state index contributed by atoms with van der Waals surface area (Å²) in [4.78, 5) is 21.0. The third-order valence-corrected chi connectivity index (χ3v) is 0.901. The molecule has 0 aromatic heterocycles. The maximum atomic E-state index is 10.6. The zero-order valence-electron chi connectivity index (χ0n) is 6.30. The van der Waals surface area contributed by atoms with Crippen molar-refractivity contribution >= 4 is 11.6 Å². The quantitative estimate of drug-likeness (QED) is 0.430. The molecule has 0 aliphatic carbocycles. The van der Waals surface area contributed by atoms with Gasteiger partial charge in [-0.05, 0) is 6.92 Å². The average molecular weight is 142 g/mol. The second-order valence-electron chi connectivity index (χ2n) is 1.88. The van der Waals surface area contributed by atoms with Gasteiger partial charge in [-0.1, -0.05) is 0 Å². The van der Waals surface area contributed by atoms with Crippen LogP contribution < -0.4 is 0 Å². The number of carbonyl (C=O) groups excluding carboxylic acids is 2. The molecule has 0 aliphatic heterocycles. The van der Waals surface area contributed by atoms with Crippen molar-refractivity contribution < 1.29 is 14.3 Å². The van der Waals surface area contributed by atoms with Gasteiger partial charge in [-0.2, -0.15) is 0 Å². The summed E-state index contributed by atoms with van der Waals surface area (Å²) in [6.45, 7) is 2.71. The minimum Gasteiger partial charge on any atom is -0.493 e. The van der Waals surface area contributed by atoms with Crippen LogP contribution in [0.25, 0.3) is 0 Å². The summed E-state index contributed by atoms with van der Waals surface area (Å²) in [7, 11) is 1.36. The van der Waals surface area contributed by atoms with Crippen LogP contribution in [0.3, 0.4) is 0 Å². The smallest absolute Gasteiger partial charge is 0.194 e. The van der Waals surface area contributed by atoms with Crippen LogP contribution in [0, 0.1) is 0 Å². The molecule has 0 saturated heterocycles. The largest absolute Gasteiger partial charge is 0.493 e. The molecule has 0 saturated carbocycles. The topological polar surface area (TPSA) is 43.4 Å². The van der Waals surface area contributed by atoms with Crippen LogP contribution in [0.1, 0.15) is 13.8 Å².